The molecule has 1 heterocycles. The van der Waals surface area contributed by atoms with Crippen LogP contribution < -0.4 is 0 Å². The van der Waals surface area contributed by atoms with Gasteiger partial charge in [0.15, 0.2) is 0 Å². The SMILES string of the molecule is [O]N1C2(CCC(O)CC2)CC(O)CC12CCC(O)CC2. The second-order valence-electron chi connectivity index (χ2n) is 7.27. The van der Waals surface area contributed by atoms with Crippen LogP contribution in [0.2, 0.25) is 0 Å². The van der Waals surface area contributed by atoms with Gasteiger partial charge in [0, 0.05) is 0 Å². The van der Waals surface area contributed by atoms with E-state index in [1.165, 1.54) is 5.06 Å². The third-order valence-electron chi connectivity index (χ3n) is 5.86. The Hall–Kier alpha value is -0.200. The zero-order valence-corrected chi connectivity index (χ0v) is 12.0. The van der Waals surface area contributed by atoms with Crippen LogP contribution in [0.3, 0.4) is 0 Å². The fourth-order valence-electron chi connectivity index (χ4n) is 4.71. The standard InChI is InChI=1S/C15H26NO4/c17-11-1-5-14(6-2-11)9-13(19)10-15(16(14)20)7-3-12(18)4-8-15/h11-13,17-19H,1-10H2. The normalized spacial score (nSPS) is 50.7. The first-order valence-corrected chi connectivity index (χ1v) is 7.98. The van der Waals surface area contributed by atoms with Crippen LogP contribution in [-0.2, 0) is 5.21 Å². The summed E-state index contributed by atoms with van der Waals surface area (Å²) in [4.78, 5) is 0. The van der Waals surface area contributed by atoms with Crippen LogP contribution in [0, 0.1) is 0 Å². The lowest BCUT2D eigenvalue weighted by atomic mass is 9.65. The molecule has 0 aromatic rings. The van der Waals surface area contributed by atoms with Gasteiger partial charge >= 0.3 is 0 Å². The van der Waals surface area contributed by atoms with E-state index in [9.17, 15) is 20.5 Å². The highest BCUT2D eigenvalue weighted by atomic mass is 16.5. The maximum Gasteiger partial charge on any atom is 0.0577 e. The van der Waals surface area contributed by atoms with Crippen LogP contribution in [0.25, 0.3) is 0 Å². The molecule has 2 spiro atoms. The molecular formula is C15H26NO4. The first kappa shape index (κ1) is 14.7. The molecule has 1 radical (unpaired) electrons. The van der Waals surface area contributed by atoms with Crippen molar-refractivity contribution in [2.24, 2.45) is 0 Å². The highest BCUT2D eigenvalue weighted by Crippen LogP contribution is 2.50. The summed E-state index contributed by atoms with van der Waals surface area (Å²) in [6, 6.07) is 0. The summed E-state index contributed by atoms with van der Waals surface area (Å²) in [5.74, 6) is 0. The van der Waals surface area contributed by atoms with Crippen molar-refractivity contribution in [1.82, 2.24) is 5.06 Å². The second kappa shape index (κ2) is 5.21. The fraction of sp³-hybridized carbons (Fsp3) is 1.00. The van der Waals surface area contributed by atoms with E-state index in [0.29, 0.717) is 64.2 Å². The number of hydroxylamine groups is 2. The van der Waals surface area contributed by atoms with Gasteiger partial charge in [0.25, 0.3) is 0 Å². The zero-order chi connectivity index (χ0) is 14.4. The van der Waals surface area contributed by atoms with E-state index in [0.717, 1.165) is 0 Å². The van der Waals surface area contributed by atoms with E-state index in [-0.39, 0.29) is 12.2 Å². The van der Waals surface area contributed by atoms with Crippen molar-refractivity contribution in [1.29, 1.82) is 0 Å². The van der Waals surface area contributed by atoms with Crippen molar-refractivity contribution in [2.75, 3.05) is 0 Å². The number of nitrogens with zero attached hydrogens (tertiary/aromatic N) is 1. The largest absolute Gasteiger partial charge is 0.393 e. The lowest BCUT2D eigenvalue weighted by molar-refractivity contribution is -0.331. The Morgan fingerprint density at radius 1 is 0.700 bits per heavy atom. The van der Waals surface area contributed by atoms with E-state index in [4.69, 9.17) is 0 Å². The fourth-order valence-corrected chi connectivity index (χ4v) is 4.71. The highest BCUT2D eigenvalue weighted by Gasteiger charge is 2.56. The van der Waals surface area contributed by atoms with Gasteiger partial charge in [0.1, 0.15) is 0 Å². The molecule has 0 amide bonds. The molecule has 1 aliphatic heterocycles. The lowest BCUT2D eigenvalue weighted by Crippen LogP contribution is -2.66. The molecule has 5 nitrogen and oxygen atoms in total. The number of hydrogen-bond acceptors (Lipinski definition) is 4. The molecule has 0 atom stereocenters. The first-order valence-electron chi connectivity index (χ1n) is 7.98. The molecule has 20 heavy (non-hydrogen) atoms. The Kier molecular flexibility index (Phi) is 3.84. The van der Waals surface area contributed by atoms with Crippen molar-refractivity contribution in [3.05, 3.63) is 0 Å². The van der Waals surface area contributed by atoms with Gasteiger partial charge in [-0.25, -0.2) is 0 Å². The molecule has 5 heteroatoms. The molecule has 2 aliphatic carbocycles. The van der Waals surface area contributed by atoms with Gasteiger partial charge in [-0.1, -0.05) is 0 Å². The summed E-state index contributed by atoms with van der Waals surface area (Å²) in [7, 11) is 0. The maximum absolute atomic E-state index is 13.1. The van der Waals surface area contributed by atoms with Crippen LogP contribution in [0.4, 0.5) is 0 Å². The summed E-state index contributed by atoms with van der Waals surface area (Å²) in [6.45, 7) is 0. The molecule has 3 aliphatic rings. The van der Waals surface area contributed by atoms with E-state index in [2.05, 4.69) is 0 Å². The summed E-state index contributed by atoms with van der Waals surface area (Å²) in [5, 5.41) is 44.1. The van der Waals surface area contributed by atoms with Crippen LogP contribution in [-0.4, -0.2) is 49.8 Å². The van der Waals surface area contributed by atoms with Crippen LogP contribution in [0.15, 0.2) is 0 Å². The van der Waals surface area contributed by atoms with Crippen molar-refractivity contribution in [3.63, 3.8) is 0 Å². The molecule has 3 rings (SSSR count). The second-order valence-corrected chi connectivity index (χ2v) is 7.27. The average Bonchev–Trinajstić information content (AvgIpc) is 2.43. The Morgan fingerprint density at radius 2 is 1.05 bits per heavy atom. The molecular weight excluding hydrogens is 258 g/mol. The Bertz CT molecular complexity index is 314. The average molecular weight is 284 g/mol. The minimum Gasteiger partial charge on any atom is -0.393 e. The molecule has 0 aromatic carbocycles. The van der Waals surface area contributed by atoms with Crippen molar-refractivity contribution >= 4 is 0 Å². The van der Waals surface area contributed by atoms with Crippen molar-refractivity contribution in [2.45, 2.75) is 93.6 Å². The molecule has 0 bridgehead atoms. The van der Waals surface area contributed by atoms with Crippen LogP contribution in [0.1, 0.15) is 64.2 Å². The number of hydrogen-bond donors (Lipinski definition) is 3. The first-order chi connectivity index (χ1) is 9.46. The van der Waals surface area contributed by atoms with Crippen molar-refractivity contribution in [3.8, 4) is 0 Å². The zero-order valence-electron chi connectivity index (χ0n) is 12.0. The monoisotopic (exact) mass is 284 g/mol. The number of aliphatic hydroxyl groups is 3. The van der Waals surface area contributed by atoms with Crippen LogP contribution in [0.5, 0.6) is 0 Å². The smallest absolute Gasteiger partial charge is 0.0577 e. The topological polar surface area (TPSA) is 83.8 Å². The Labute approximate surface area is 120 Å². The summed E-state index contributed by atoms with van der Waals surface area (Å²) < 4.78 is 0. The summed E-state index contributed by atoms with van der Waals surface area (Å²) in [6.07, 6.45) is 5.40. The predicted octanol–water partition coefficient (Wildman–Crippen LogP) is 1.14. The molecule has 0 unspecified atom stereocenters. The van der Waals surface area contributed by atoms with Gasteiger partial charge in [0.2, 0.25) is 0 Å². The molecule has 115 valence electrons. The minimum absolute atomic E-state index is 0.294. The van der Waals surface area contributed by atoms with Gasteiger partial charge < -0.3 is 15.3 Å². The van der Waals surface area contributed by atoms with E-state index >= 15 is 0 Å². The van der Waals surface area contributed by atoms with Gasteiger partial charge in [-0.2, -0.15) is 0 Å². The quantitative estimate of drug-likeness (QED) is 0.623. The minimum atomic E-state index is -0.487. The molecule has 0 aromatic heterocycles. The van der Waals surface area contributed by atoms with E-state index in [1.54, 1.807) is 0 Å². The highest BCUT2D eigenvalue weighted by molar-refractivity contribution is 5.07. The summed E-state index contributed by atoms with van der Waals surface area (Å²) in [5.41, 5.74) is -0.974. The van der Waals surface area contributed by atoms with Crippen LogP contribution >= 0.6 is 0 Å². The Morgan fingerprint density at radius 3 is 1.40 bits per heavy atom. The van der Waals surface area contributed by atoms with Gasteiger partial charge in [0.05, 0.1) is 29.4 Å². The number of aliphatic hydroxyl groups excluding tert-OH is 3. The Balaban J connectivity index is 1.82. The number of rotatable bonds is 0. The van der Waals surface area contributed by atoms with Gasteiger partial charge in [-0.15, -0.1) is 10.3 Å². The predicted molar refractivity (Wildman–Crippen MR) is 72.2 cm³/mol. The third-order valence-corrected chi connectivity index (χ3v) is 5.86. The molecule has 1 saturated heterocycles. The number of piperidine rings is 1. The van der Waals surface area contributed by atoms with Gasteiger partial charge in [-0.3, -0.25) is 0 Å². The summed E-state index contributed by atoms with van der Waals surface area (Å²) >= 11 is 0. The molecule has 3 N–H and O–H groups in total. The maximum atomic E-state index is 13.1. The van der Waals surface area contributed by atoms with E-state index < -0.39 is 17.2 Å². The molecule has 3 fully saturated rings. The van der Waals surface area contributed by atoms with E-state index in [1.807, 2.05) is 0 Å². The molecule has 2 saturated carbocycles. The van der Waals surface area contributed by atoms with Crippen molar-refractivity contribution < 1.29 is 20.5 Å². The lowest BCUT2D eigenvalue weighted by Gasteiger charge is -2.57. The van der Waals surface area contributed by atoms with Gasteiger partial charge in [-0.05, 0) is 64.2 Å². The third kappa shape index (κ3) is 2.40.